The highest BCUT2D eigenvalue weighted by Gasteiger charge is 2.23. The van der Waals surface area contributed by atoms with E-state index in [0.29, 0.717) is 18.3 Å². The van der Waals surface area contributed by atoms with Crippen molar-refractivity contribution in [1.29, 1.82) is 0 Å². The normalized spacial score (nSPS) is 19.2. The van der Waals surface area contributed by atoms with E-state index in [9.17, 15) is 4.79 Å². The van der Waals surface area contributed by atoms with Crippen LogP contribution in [-0.2, 0) is 4.79 Å². The Balaban J connectivity index is 0.00000208. The van der Waals surface area contributed by atoms with Crippen LogP contribution in [0.25, 0.3) is 0 Å². The molecule has 2 unspecified atom stereocenters. The van der Waals surface area contributed by atoms with Crippen LogP contribution < -0.4 is 20.1 Å². The van der Waals surface area contributed by atoms with Crippen molar-refractivity contribution in [2.75, 3.05) is 19.9 Å². The van der Waals surface area contributed by atoms with Crippen LogP contribution in [0.2, 0.25) is 0 Å². The molecule has 1 amide bonds. The number of ether oxygens (including phenoxy) is 2. The van der Waals surface area contributed by atoms with Gasteiger partial charge >= 0.3 is 0 Å². The molecule has 2 aliphatic rings. The lowest BCUT2D eigenvalue weighted by molar-refractivity contribution is -0.123. The first-order chi connectivity index (χ1) is 11.1. The van der Waals surface area contributed by atoms with E-state index in [1.165, 1.54) is 12.8 Å². The summed E-state index contributed by atoms with van der Waals surface area (Å²) in [6.07, 6.45) is 2.94. The molecule has 6 heteroatoms. The fraction of sp³-hybridized carbons (Fsp3) is 0.611. The Labute approximate surface area is 149 Å². The number of piperidine rings is 1. The number of nitrogens with one attached hydrogen (secondary N) is 2. The molecule has 2 aliphatic heterocycles. The third-order valence-corrected chi connectivity index (χ3v) is 4.97. The molecule has 0 saturated carbocycles. The van der Waals surface area contributed by atoms with Gasteiger partial charge in [-0.2, -0.15) is 0 Å². The maximum Gasteiger partial charge on any atom is 0.231 e. The standard InChI is InChI=1S/C18H26N2O3.ClH/c1-12(14-5-7-19-8-6-14)9-18(21)20-13(2)15-3-4-16-17(10-15)23-11-22-16;/h3-4,10,12-14,19H,5-9,11H2,1-2H3,(H,20,21);1H. The van der Waals surface area contributed by atoms with Crippen molar-refractivity contribution in [3.05, 3.63) is 23.8 Å². The zero-order valence-electron chi connectivity index (χ0n) is 14.3. The van der Waals surface area contributed by atoms with Crippen LogP contribution in [0, 0.1) is 11.8 Å². The number of benzene rings is 1. The summed E-state index contributed by atoms with van der Waals surface area (Å²) in [4.78, 5) is 12.3. The van der Waals surface area contributed by atoms with Crippen LogP contribution in [0.3, 0.4) is 0 Å². The van der Waals surface area contributed by atoms with E-state index in [1.54, 1.807) is 0 Å². The SMILES string of the molecule is CC(NC(=O)CC(C)C1CCNCC1)c1ccc2c(c1)OCO2.Cl. The van der Waals surface area contributed by atoms with E-state index in [4.69, 9.17) is 9.47 Å². The molecule has 0 aromatic heterocycles. The third-order valence-electron chi connectivity index (χ3n) is 4.97. The van der Waals surface area contributed by atoms with Gasteiger partial charge in [-0.15, -0.1) is 12.4 Å². The molecular formula is C18H27ClN2O3. The molecule has 1 aromatic carbocycles. The highest BCUT2D eigenvalue weighted by atomic mass is 35.5. The summed E-state index contributed by atoms with van der Waals surface area (Å²) in [6.45, 7) is 6.62. The Kier molecular flexibility index (Phi) is 6.75. The van der Waals surface area contributed by atoms with Gasteiger partial charge in [0.15, 0.2) is 11.5 Å². The quantitative estimate of drug-likeness (QED) is 0.853. The fourth-order valence-corrected chi connectivity index (χ4v) is 3.44. The molecule has 3 rings (SSSR count). The number of fused-ring (bicyclic) bond motifs is 1. The van der Waals surface area contributed by atoms with E-state index < -0.39 is 0 Å². The van der Waals surface area contributed by atoms with Gasteiger partial charge in [-0.05, 0) is 62.4 Å². The molecule has 2 atom stereocenters. The molecule has 5 nitrogen and oxygen atoms in total. The lowest BCUT2D eigenvalue weighted by Crippen LogP contribution is -2.34. The van der Waals surface area contributed by atoms with Crippen molar-refractivity contribution in [2.24, 2.45) is 11.8 Å². The number of amides is 1. The monoisotopic (exact) mass is 354 g/mol. The minimum absolute atomic E-state index is 0. The van der Waals surface area contributed by atoms with Crippen LogP contribution in [0.15, 0.2) is 18.2 Å². The molecule has 0 radical (unpaired) electrons. The molecule has 1 aromatic rings. The van der Waals surface area contributed by atoms with E-state index in [-0.39, 0.29) is 31.1 Å². The smallest absolute Gasteiger partial charge is 0.231 e. The van der Waals surface area contributed by atoms with E-state index in [0.717, 1.165) is 30.2 Å². The van der Waals surface area contributed by atoms with Gasteiger partial charge in [-0.25, -0.2) is 0 Å². The molecule has 24 heavy (non-hydrogen) atoms. The number of carbonyl (C=O) groups excluding carboxylic acids is 1. The second kappa shape index (κ2) is 8.58. The highest BCUT2D eigenvalue weighted by molar-refractivity contribution is 5.85. The Hall–Kier alpha value is -1.46. The maximum atomic E-state index is 12.3. The number of rotatable bonds is 5. The first-order valence-electron chi connectivity index (χ1n) is 8.53. The van der Waals surface area contributed by atoms with Crippen molar-refractivity contribution < 1.29 is 14.3 Å². The summed E-state index contributed by atoms with van der Waals surface area (Å²) >= 11 is 0. The number of hydrogen-bond acceptors (Lipinski definition) is 4. The Morgan fingerprint density at radius 3 is 2.71 bits per heavy atom. The largest absolute Gasteiger partial charge is 0.454 e. The van der Waals surface area contributed by atoms with Crippen LogP contribution in [0.4, 0.5) is 0 Å². The summed E-state index contributed by atoms with van der Waals surface area (Å²) in [7, 11) is 0. The van der Waals surface area contributed by atoms with Crippen molar-refractivity contribution in [3.8, 4) is 11.5 Å². The topological polar surface area (TPSA) is 59.6 Å². The predicted molar refractivity (Wildman–Crippen MR) is 95.7 cm³/mol. The third kappa shape index (κ3) is 4.54. The second-order valence-electron chi connectivity index (χ2n) is 6.67. The molecule has 2 N–H and O–H groups in total. The van der Waals surface area contributed by atoms with Gasteiger partial charge < -0.3 is 20.1 Å². The fourth-order valence-electron chi connectivity index (χ4n) is 3.44. The first kappa shape index (κ1) is 18.9. The molecule has 1 saturated heterocycles. The number of halogens is 1. The zero-order chi connectivity index (χ0) is 16.2. The molecule has 0 bridgehead atoms. The van der Waals surface area contributed by atoms with Gasteiger partial charge in [0.05, 0.1) is 6.04 Å². The van der Waals surface area contributed by atoms with Gasteiger partial charge in [0, 0.05) is 6.42 Å². The molecular weight excluding hydrogens is 328 g/mol. The van der Waals surface area contributed by atoms with Crippen LogP contribution in [0.5, 0.6) is 11.5 Å². The van der Waals surface area contributed by atoms with E-state index in [1.807, 2.05) is 25.1 Å². The summed E-state index contributed by atoms with van der Waals surface area (Å²) in [6, 6.07) is 5.80. The lowest BCUT2D eigenvalue weighted by Gasteiger charge is -2.28. The average Bonchev–Trinajstić information content (AvgIpc) is 3.03. The van der Waals surface area contributed by atoms with Gasteiger partial charge in [0.2, 0.25) is 12.7 Å². The van der Waals surface area contributed by atoms with E-state index >= 15 is 0 Å². The second-order valence-corrected chi connectivity index (χ2v) is 6.67. The Morgan fingerprint density at radius 2 is 1.96 bits per heavy atom. The van der Waals surface area contributed by atoms with Crippen molar-refractivity contribution >= 4 is 18.3 Å². The number of carbonyl (C=O) groups is 1. The highest BCUT2D eigenvalue weighted by Crippen LogP contribution is 2.34. The summed E-state index contributed by atoms with van der Waals surface area (Å²) in [5.41, 5.74) is 1.04. The Morgan fingerprint density at radius 1 is 1.25 bits per heavy atom. The minimum Gasteiger partial charge on any atom is -0.454 e. The zero-order valence-corrected chi connectivity index (χ0v) is 15.2. The van der Waals surface area contributed by atoms with Crippen molar-refractivity contribution in [2.45, 2.75) is 39.2 Å². The van der Waals surface area contributed by atoms with Gasteiger partial charge in [-0.1, -0.05) is 13.0 Å². The van der Waals surface area contributed by atoms with Crippen LogP contribution >= 0.6 is 12.4 Å². The predicted octanol–water partition coefficient (Wildman–Crippen LogP) is 3.04. The molecule has 0 aliphatic carbocycles. The first-order valence-corrected chi connectivity index (χ1v) is 8.53. The average molecular weight is 355 g/mol. The summed E-state index contributed by atoms with van der Waals surface area (Å²) < 4.78 is 10.7. The Bertz CT molecular complexity index is 561. The number of hydrogen-bond donors (Lipinski definition) is 2. The van der Waals surface area contributed by atoms with Gasteiger partial charge in [0.25, 0.3) is 0 Å². The van der Waals surface area contributed by atoms with Crippen molar-refractivity contribution in [3.63, 3.8) is 0 Å². The molecule has 1 fully saturated rings. The maximum absolute atomic E-state index is 12.3. The van der Waals surface area contributed by atoms with Crippen LogP contribution in [0.1, 0.15) is 44.7 Å². The van der Waals surface area contributed by atoms with Crippen molar-refractivity contribution in [1.82, 2.24) is 10.6 Å². The molecule has 134 valence electrons. The molecule has 2 heterocycles. The van der Waals surface area contributed by atoms with Crippen LogP contribution in [-0.4, -0.2) is 25.8 Å². The minimum atomic E-state index is -0.0303. The lowest BCUT2D eigenvalue weighted by atomic mass is 9.84. The van der Waals surface area contributed by atoms with Gasteiger partial charge in [0.1, 0.15) is 0 Å². The summed E-state index contributed by atoms with van der Waals surface area (Å²) in [5, 5.41) is 6.48. The van der Waals surface area contributed by atoms with Gasteiger partial charge in [-0.3, -0.25) is 4.79 Å². The molecule has 0 spiro atoms. The summed E-state index contributed by atoms with van der Waals surface area (Å²) in [5.74, 6) is 2.74. The van der Waals surface area contributed by atoms with E-state index in [2.05, 4.69) is 17.6 Å².